The van der Waals surface area contributed by atoms with Crippen LogP contribution in [0.5, 0.6) is 11.5 Å². The van der Waals surface area contributed by atoms with Gasteiger partial charge in [-0.2, -0.15) is 0 Å². The minimum atomic E-state index is -0.418. The van der Waals surface area contributed by atoms with Crippen LogP contribution in [-0.4, -0.2) is 26.2 Å². The van der Waals surface area contributed by atoms with Gasteiger partial charge in [-0.3, -0.25) is 9.59 Å². The molecule has 48 heavy (non-hydrogen) atoms. The van der Waals surface area contributed by atoms with E-state index in [1.807, 2.05) is 48.5 Å². The minimum absolute atomic E-state index is 0.0385. The van der Waals surface area contributed by atoms with Crippen LogP contribution in [0.25, 0.3) is 0 Å². The highest BCUT2D eigenvalue weighted by Gasteiger charge is 2.34. The van der Waals surface area contributed by atoms with Crippen molar-refractivity contribution in [2.75, 3.05) is 14.2 Å². The number of allylic oxidation sites excluding steroid dienone is 4. The van der Waals surface area contributed by atoms with E-state index >= 15 is 0 Å². The van der Waals surface area contributed by atoms with E-state index in [0.29, 0.717) is 25.7 Å². The first-order chi connectivity index (χ1) is 22.9. The molecule has 0 aromatic heterocycles. The summed E-state index contributed by atoms with van der Waals surface area (Å²) in [5.74, 6) is 1.36. The summed E-state index contributed by atoms with van der Waals surface area (Å²) in [6.07, 6.45) is 10.3. The van der Waals surface area contributed by atoms with Crippen LogP contribution in [0.15, 0.2) is 72.8 Å². The summed E-state index contributed by atoms with van der Waals surface area (Å²) in [6.45, 7) is 17.0. The Balaban J connectivity index is 2.06. The van der Waals surface area contributed by atoms with Crippen LogP contribution in [0.4, 0.5) is 0 Å². The molecule has 3 rings (SSSR count). The number of hydrogen-bond acceptors (Lipinski definition) is 6. The molecular formula is C42H60O6. The van der Waals surface area contributed by atoms with Crippen molar-refractivity contribution in [1.29, 1.82) is 0 Å². The van der Waals surface area contributed by atoms with Gasteiger partial charge in [0.1, 0.15) is 23.7 Å². The Morgan fingerprint density at radius 3 is 1.08 bits per heavy atom. The molecule has 0 N–H and O–H groups in total. The molecule has 0 fully saturated rings. The predicted octanol–water partition coefficient (Wildman–Crippen LogP) is 10.3. The highest BCUT2D eigenvalue weighted by atomic mass is 16.5. The first-order valence-corrected chi connectivity index (χ1v) is 17.9. The molecule has 6 nitrogen and oxygen atoms in total. The molecule has 0 spiro atoms. The second-order valence-corrected chi connectivity index (χ2v) is 14.7. The molecule has 0 saturated heterocycles. The smallest absolute Gasteiger partial charge is 0.310 e. The number of carbonyl (C=O) groups excluding carboxylic acids is 2. The van der Waals surface area contributed by atoms with Gasteiger partial charge in [0.2, 0.25) is 0 Å². The van der Waals surface area contributed by atoms with Gasteiger partial charge in [-0.1, -0.05) is 104 Å². The summed E-state index contributed by atoms with van der Waals surface area (Å²) < 4.78 is 23.8. The molecule has 264 valence electrons. The number of benzene rings is 2. The first-order valence-electron chi connectivity index (χ1n) is 17.9. The fraction of sp³-hybridized carbons (Fsp3) is 0.571. The largest absolute Gasteiger partial charge is 0.497 e. The van der Waals surface area contributed by atoms with Crippen molar-refractivity contribution in [1.82, 2.24) is 0 Å². The Morgan fingerprint density at radius 2 is 0.812 bits per heavy atom. The molecule has 0 aliphatic carbocycles. The van der Waals surface area contributed by atoms with Gasteiger partial charge in [-0.15, -0.1) is 0 Å². The molecule has 0 bridgehead atoms. The van der Waals surface area contributed by atoms with E-state index in [2.05, 4.69) is 79.7 Å². The quantitative estimate of drug-likeness (QED) is 0.207. The number of hydrogen-bond donors (Lipinski definition) is 0. The SMILES string of the molecule is COc1ccc([C@H]2OC(=O)[C@H](C(C)C)C/C=C/C[C@@H](C(C)C)[C@@H](c3ccc(OC)cc3)OC(=O)[C@H](C(C)C)C/C=C/C[C@H]2C(C)C)cc1. The third-order valence-corrected chi connectivity index (χ3v) is 10.0. The second-order valence-electron chi connectivity index (χ2n) is 14.7. The second kappa shape index (κ2) is 18.9. The maximum atomic E-state index is 14.0. The lowest BCUT2D eigenvalue weighted by Crippen LogP contribution is -2.30. The van der Waals surface area contributed by atoms with Crippen molar-refractivity contribution >= 4 is 11.9 Å². The monoisotopic (exact) mass is 660 g/mol. The Kier molecular flexibility index (Phi) is 15.3. The normalized spacial score (nSPS) is 26.5. The number of methoxy groups -OCH3 is 2. The Hall–Kier alpha value is -3.54. The van der Waals surface area contributed by atoms with E-state index in [1.54, 1.807) is 14.2 Å². The molecule has 0 unspecified atom stereocenters. The molecule has 0 amide bonds. The van der Waals surface area contributed by atoms with Crippen LogP contribution >= 0.6 is 0 Å². The van der Waals surface area contributed by atoms with E-state index in [-0.39, 0.29) is 59.3 Å². The van der Waals surface area contributed by atoms with Crippen molar-refractivity contribution in [3.05, 3.63) is 84.0 Å². The number of ether oxygens (including phenoxy) is 4. The standard InChI is InChI=1S/C42H60O6/c1-27(2)35-15-11-13-17-38(30(7)8)42(44)48-40(32-21-25-34(46-10)26-22-32)36(28(3)4)16-12-14-18-37(29(5)6)41(43)47-39(35)31-19-23-33(45-9)24-20-31/h11-14,19-30,35-40H,15-18H2,1-10H3/b13-11+,14-12+/t35-,36-,37-,38-,39+,40+/m0/s1. The van der Waals surface area contributed by atoms with Crippen molar-refractivity contribution in [2.24, 2.45) is 47.3 Å². The lowest BCUT2D eigenvalue weighted by atomic mass is 9.82. The van der Waals surface area contributed by atoms with Crippen molar-refractivity contribution in [2.45, 2.75) is 93.3 Å². The molecular weight excluding hydrogens is 600 g/mol. The van der Waals surface area contributed by atoms with Crippen LogP contribution in [0, 0.1) is 47.3 Å². The minimum Gasteiger partial charge on any atom is -0.497 e. The van der Waals surface area contributed by atoms with E-state index < -0.39 is 12.2 Å². The van der Waals surface area contributed by atoms with Gasteiger partial charge < -0.3 is 18.9 Å². The summed E-state index contributed by atoms with van der Waals surface area (Å²) in [5, 5.41) is 0. The summed E-state index contributed by atoms with van der Waals surface area (Å²) in [4.78, 5) is 27.9. The van der Waals surface area contributed by atoms with Gasteiger partial charge in [-0.05, 0) is 84.7 Å². The van der Waals surface area contributed by atoms with Gasteiger partial charge in [0.05, 0.1) is 26.1 Å². The Labute approximate surface area is 290 Å². The fourth-order valence-corrected chi connectivity index (χ4v) is 6.58. The number of carbonyl (C=O) groups is 2. The number of esters is 2. The molecule has 0 radical (unpaired) electrons. The van der Waals surface area contributed by atoms with Crippen molar-refractivity contribution in [3.8, 4) is 11.5 Å². The van der Waals surface area contributed by atoms with Gasteiger partial charge in [0.15, 0.2) is 0 Å². The molecule has 0 saturated carbocycles. The lowest BCUT2D eigenvalue weighted by molar-refractivity contribution is -0.161. The lowest BCUT2D eigenvalue weighted by Gasteiger charge is -2.32. The van der Waals surface area contributed by atoms with Crippen LogP contribution in [0.1, 0.15) is 104 Å². The predicted molar refractivity (Wildman–Crippen MR) is 194 cm³/mol. The zero-order valence-electron chi connectivity index (χ0n) is 31.0. The average Bonchev–Trinajstić information content (AvgIpc) is 3.05. The zero-order chi connectivity index (χ0) is 35.4. The molecule has 1 aliphatic heterocycles. The summed E-state index contributed by atoms with van der Waals surface area (Å²) >= 11 is 0. The van der Waals surface area contributed by atoms with Crippen LogP contribution in [0.2, 0.25) is 0 Å². The molecule has 1 heterocycles. The van der Waals surface area contributed by atoms with E-state index in [9.17, 15) is 9.59 Å². The number of cyclic esters (lactones) is 2. The van der Waals surface area contributed by atoms with E-state index in [1.165, 1.54) is 0 Å². The van der Waals surface area contributed by atoms with Gasteiger partial charge in [0.25, 0.3) is 0 Å². The molecule has 2 aromatic rings. The van der Waals surface area contributed by atoms with E-state index in [0.717, 1.165) is 22.6 Å². The molecule has 6 atom stereocenters. The van der Waals surface area contributed by atoms with Crippen LogP contribution in [-0.2, 0) is 19.1 Å². The van der Waals surface area contributed by atoms with Gasteiger partial charge in [-0.25, -0.2) is 0 Å². The Morgan fingerprint density at radius 1 is 0.500 bits per heavy atom. The molecule has 1 aliphatic rings. The van der Waals surface area contributed by atoms with Crippen LogP contribution < -0.4 is 9.47 Å². The first kappa shape index (κ1) is 38.9. The summed E-state index contributed by atoms with van der Waals surface area (Å²) in [5.41, 5.74) is 1.91. The maximum absolute atomic E-state index is 14.0. The zero-order valence-corrected chi connectivity index (χ0v) is 31.0. The van der Waals surface area contributed by atoms with Crippen molar-refractivity contribution < 1.29 is 28.5 Å². The average molecular weight is 661 g/mol. The van der Waals surface area contributed by atoms with Gasteiger partial charge >= 0.3 is 11.9 Å². The summed E-state index contributed by atoms with van der Waals surface area (Å²) in [6, 6.07) is 15.7. The molecule has 2 aromatic carbocycles. The van der Waals surface area contributed by atoms with E-state index in [4.69, 9.17) is 18.9 Å². The topological polar surface area (TPSA) is 71.1 Å². The summed E-state index contributed by atoms with van der Waals surface area (Å²) in [7, 11) is 3.30. The Bertz CT molecular complexity index is 1220. The third-order valence-electron chi connectivity index (χ3n) is 10.0. The van der Waals surface area contributed by atoms with Gasteiger partial charge in [0, 0.05) is 11.8 Å². The van der Waals surface area contributed by atoms with Crippen LogP contribution in [0.3, 0.4) is 0 Å². The third kappa shape index (κ3) is 10.7. The fourth-order valence-electron chi connectivity index (χ4n) is 6.58. The maximum Gasteiger partial charge on any atom is 0.310 e. The molecule has 6 heteroatoms. The van der Waals surface area contributed by atoms with Crippen molar-refractivity contribution in [3.63, 3.8) is 0 Å². The number of rotatable bonds is 8. The highest BCUT2D eigenvalue weighted by molar-refractivity contribution is 5.74. The highest BCUT2D eigenvalue weighted by Crippen LogP contribution is 2.39.